The Morgan fingerprint density at radius 3 is 2.47 bits per heavy atom. The van der Waals surface area contributed by atoms with E-state index < -0.39 is 10.0 Å². The molecule has 0 unspecified atom stereocenters. The fourth-order valence-electron chi connectivity index (χ4n) is 3.60. The molecule has 0 aliphatic carbocycles. The first-order valence-corrected chi connectivity index (χ1v) is 12.0. The van der Waals surface area contributed by atoms with Gasteiger partial charge in [-0.2, -0.15) is 0 Å². The molecule has 0 aromatic heterocycles. The van der Waals surface area contributed by atoms with E-state index in [1.54, 1.807) is 12.1 Å². The van der Waals surface area contributed by atoms with Gasteiger partial charge in [-0.3, -0.25) is 4.79 Å². The third-order valence-electron chi connectivity index (χ3n) is 5.38. The zero-order chi connectivity index (χ0) is 21.9. The number of piperidine rings is 1. The second-order valence-electron chi connectivity index (χ2n) is 7.53. The predicted octanol–water partition coefficient (Wildman–Crippen LogP) is 4.22. The Morgan fingerprint density at radius 1 is 1.13 bits per heavy atom. The monoisotopic (exact) mass is 469 g/mol. The van der Waals surface area contributed by atoms with Crippen LogP contribution < -0.4 is 15.4 Å². The SMILES string of the molecule is Cc1ccccc1C(=O)Nc1cc(Cl)c(S(=O)(=O)N[C@H](C)C2CCNCC2)cc1Cl. The minimum absolute atomic E-state index is 0.00973. The van der Waals surface area contributed by atoms with E-state index in [2.05, 4.69) is 15.4 Å². The fraction of sp³-hybridized carbons (Fsp3) is 0.381. The van der Waals surface area contributed by atoms with Gasteiger partial charge in [-0.05, 0) is 69.5 Å². The summed E-state index contributed by atoms with van der Waals surface area (Å²) >= 11 is 12.6. The average molecular weight is 470 g/mol. The molecule has 2 aromatic carbocycles. The highest BCUT2D eigenvalue weighted by molar-refractivity contribution is 7.89. The molecule has 2 aromatic rings. The lowest BCUT2D eigenvalue weighted by Crippen LogP contribution is -2.42. The van der Waals surface area contributed by atoms with Crippen molar-refractivity contribution in [2.24, 2.45) is 5.92 Å². The van der Waals surface area contributed by atoms with Gasteiger partial charge in [0.1, 0.15) is 4.90 Å². The Morgan fingerprint density at radius 2 is 1.80 bits per heavy atom. The standard InChI is InChI=1S/C21H25Cl2N3O3S/c1-13-5-3-4-6-16(13)21(27)25-19-11-18(23)20(12-17(19)22)30(28,29)26-14(2)15-7-9-24-10-8-15/h3-6,11-12,14-15,24,26H,7-10H2,1-2H3,(H,25,27)/t14-/m1/s1. The van der Waals surface area contributed by atoms with E-state index >= 15 is 0 Å². The largest absolute Gasteiger partial charge is 0.321 e. The van der Waals surface area contributed by atoms with Crippen molar-refractivity contribution < 1.29 is 13.2 Å². The van der Waals surface area contributed by atoms with E-state index in [-0.39, 0.29) is 38.5 Å². The number of benzene rings is 2. The molecule has 1 aliphatic rings. The van der Waals surface area contributed by atoms with Crippen LogP contribution in [-0.2, 0) is 10.0 Å². The van der Waals surface area contributed by atoms with Crippen molar-refractivity contribution in [1.82, 2.24) is 10.0 Å². The number of carbonyl (C=O) groups is 1. The van der Waals surface area contributed by atoms with Gasteiger partial charge in [-0.15, -0.1) is 0 Å². The van der Waals surface area contributed by atoms with Crippen molar-refractivity contribution in [3.63, 3.8) is 0 Å². The lowest BCUT2D eigenvalue weighted by atomic mass is 9.92. The van der Waals surface area contributed by atoms with Crippen LogP contribution in [0.25, 0.3) is 0 Å². The van der Waals surface area contributed by atoms with E-state index in [1.165, 1.54) is 12.1 Å². The fourth-order valence-corrected chi connectivity index (χ4v) is 5.74. The van der Waals surface area contributed by atoms with Crippen molar-refractivity contribution in [1.29, 1.82) is 0 Å². The van der Waals surface area contributed by atoms with Crippen molar-refractivity contribution in [2.45, 2.75) is 37.6 Å². The van der Waals surface area contributed by atoms with Crippen molar-refractivity contribution in [3.05, 3.63) is 57.6 Å². The Hall–Kier alpha value is -1.64. The van der Waals surface area contributed by atoms with Gasteiger partial charge >= 0.3 is 0 Å². The van der Waals surface area contributed by atoms with Crippen LogP contribution in [0.3, 0.4) is 0 Å². The van der Waals surface area contributed by atoms with Crippen LogP contribution in [0.15, 0.2) is 41.3 Å². The summed E-state index contributed by atoms with van der Waals surface area (Å²) in [7, 11) is -3.87. The summed E-state index contributed by atoms with van der Waals surface area (Å²) in [5.41, 5.74) is 1.56. The van der Waals surface area contributed by atoms with E-state index in [9.17, 15) is 13.2 Å². The van der Waals surface area contributed by atoms with E-state index in [1.807, 2.05) is 26.0 Å². The molecule has 1 heterocycles. The summed E-state index contributed by atoms with van der Waals surface area (Å²) < 4.78 is 28.5. The number of nitrogens with one attached hydrogen (secondary N) is 3. The Balaban J connectivity index is 1.79. The summed E-state index contributed by atoms with van der Waals surface area (Å²) in [6.45, 7) is 5.44. The number of aryl methyl sites for hydroxylation is 1. The van der Waals surface area contributed by atoms with Gasteiger partial charge < -0.3 is 10.6 Å². The van der Waals surface area contributed by atoms with Gasteiger partial charge in [-0.1, -0.05) is 41.4 Å². The molecular weight excluding hydrogens is 445 g/mol. The van der Waals surface area contributed by atoms with Crippen molar-refractivity contribution in [2.75, 3.05) is 18.4 Å². The highest BCUT2D eigenvalue weighted by Crippen LogP contribution is 2.33. The summed E-state index contributed by atoms with van der Waals surface area (Å²) in [5.74, 6) is -0.0951. The lowest BCUT2D eigenvalue weighted by Gasteiger charge is -2.28. The summed E-state index contributed by atoms with van der Waals surface area (Å²) in [5, 5.41) is 6.05. The molecule has 9 heteroatoms. The number of amides is 1. The Kier molecular flexibility index (Phi) is 7.42. The molecule has 0 bridgehead atoms. The second kappa shape index (κ2) is 9.66. The molecule has 1 fully saturated rings. The predicted molar refractivity (Wildman–Crippen MR) is 121 cm³/mol. The molecule has 3 N–H and O–H groups in total. The molecule has 1 atom stereocenters. The van der Waals surface area contributed by atoms with Crippen LogP contribution >= 0.6 is 23.2 Å². The molecule has 1 amide bonds. The highest BCUT2D eigenvalue weighted by Gasteiger charge is 2.27. The lowest BCUT2D eigenvalue weighted by molar-refractivity contribution is 0.102. The van der Waals surface area contributed by atoms with Crippen LogP contribution in [0, 0.1) is 12.8 Å². The number of anilines is 1. The van der Waals surface area contributed by atoms with Crippen LogP contribution in [0.1, 0.15) is 35.7 Å². The van der Waals surface area contributed by atoms with E-state index in [0.29, 0.717) is 5.56 Å². The number of hydrogen-bond acceptors (Lipinski definition) is 4. The molecule has 0 saturated carbocycles. The molecule has 30 heavy (non-hydrogen) atoms. The number of rotatable bonds is 6. The number of carbonyl (C=O) groups excluding carboxylic acids is 1. The van der Waals surface area contributed by atoms with Crippen molar-refractivity contribution in [3.8, 4) is 0 Å². The number of halogens is 2. The summed E-state index contributed by atoms with van der Waals surface area (Å²) in [6, 6.07) is 9.54. The first-order valence-electron chi connectivity index (χ1n) is 9.78. The molecule has 3 rings (SSSR count). The van der Waals surface area contributed by atoms with E-state index in [0.717, 1.165) is 31.5 Å². The number of hydrogen-bond donors (Lipinski definition) is 3. The van der Waals surface area contributed by atoms with Crippen LogP contribution in [-0.4, -0.2) is 33.5 Å². The normalized spacial score (nSPS) is 16.3. The maximum Gasteiger partial charge on any atom is 0.255 e. The van der Waals surface area contributed by atoms with Crippen molar-refractivity contribution >= 4 is 44.8 Å². The van der Waals surface area contributed by atoms with Gasteiger partial charge in [0.25, 0.3) is 5.91 Å². The van der Waals surface area contributed by atoms with Gasteiger partial charge in [0, 0.05) is 11.6 Å². The maximum atomic E-state index is 12.9. The smallest absolute Gasteiger partial charge is 0.255 e. The molecule has 162 valence electrons. The van der Waals surface area contributed by atoms with Gasteiger partial charge in [0.05, 0.1) is 15.7 Å². The Bertz CT molecular complexity index is 1040. The van der Waals surface area contributed by atoms with Gasteiger partial charge in [0.2, 0.25) is 10.0 Å². The number of sulfonamides is 1. The zero-order valence-electron chi connectivity index (χ0n) is 16.8. The first-order chi connectivity index (χ1) is 14.2. The third-order valence-corrected chi connectivity index (χ3v) is 7.72. The summed E-state index contributed by atoms with van der Waals surface area (Å²) in [4.78, 5) is 12.4. The molecule has 6 nitrogen and oxygen atoms in total. The topological polar surface area (TPSA) is 87.3 Å². The minimum atomic E-state index is -3.87. The quantitative estimate of drug-likeness (QED) is 0.590. The maximum absolute atomic E-state index is 12.9. The molecule has 0 radical (unpaired) electrons. The summed E-state index contributed by atoms with van der Waals surface area (Å²) in [6.07, 6.45) is 1.81. The highest BCUT2D eigenvalue weighted by atomic mass is 35.5. The molecule has 1 saturated heterocycles. The third kappa shape index (κ3) is 5.34. The molecular formula is C21H25Cl2N3O3S. The van der Waals surface area contributed by atoms with Crippen LogP contribution in [0.2, 0.25) is 10.0 Å². The van der Waals surface area contributed by atoms with E-state index in [4.69, 9.17) is 23.2 Å². The average Bonchev–Trinajstić information content (AvgIpc) is 2.71. The second-order valence-corrected chi connectivity index (χ2v) is 10.0. The van der Waals surface area contributed by atoms with Crippen LogP contribution in [0.4, 0.5) is 5.69 Å². The molecule has 1 aliphatic heterocycles. The molecule has 0 spiro atoms. The minimum Gasteiger partial charge on any atom is -0.321 e. The Labute approximate surface area is 187 Å². The zero-order valence-corrected chi connectivity index (χ0v) is 19.2. The van der Waals surface area contributed by atoms with Gasteiger partial charge in [0.15, 0.2) is 0 Å². The van der Waals surface area contributed by atoms with Gasteiger partial charge in [-0.25, -0.2) is 13.1 Å². The first kappa shape index (κ1) is 23.0. The van der Waals surface area contributed by atoms with Crippen LogP contribution in [0.5, 0.6) is 0 Å².